The smallest absolute Gasteiger partial charge is 0.257 e. The Balaban J connectivity index is 1.47. The van der Waals surface area contributed by atoms with Crippen molar-refractivity contribution in [3.63, 3.8) is 0 Å². The van der Waals surface area contributed by atoms with E-state index in [0.717, 1.165) is 0 Å². The van der Waals surface area contributed by atoms with Gasteiger partial charge in [0.05, 0.1) is 16.9 Å². The van der Waals surface area contributed by atoms with Gasteiger partial charge in [0.2, 0.25) is 11.8 Å². The number of halogens is 1. The van der Waals surface area contributed by atoms with E-state index in [1.54, 1.807) is 60.7 Å². The van der Waals surface area contributed by atoms with Crippen LogP contribution in [0.2, 0.25) is 5.02 Å². The van der Waals surface area contributed by atoms with Crippen LogP contribution in [-0.2, 0) is 9.59 Å². The van der Waals surface area contributed by atoms with Crippen molar-refractivity contribution >= 4 is 52.3 Å². The zero-order chi connectivity index (χ0) is 23.4. The molecule has 1 fully saturated rings. The van der Waals surface area contributed by atoms with Crippen molar-refractivity contribution in [3.05, 3.63) is 88.9 Å². The molecule has 8 nitrogen and oxygen atoms in total. The molecule has 0 aromatic heterocycles. The van der Waals surface area contributed by atoms with Crippen LogP contribution in [0.4, 0.5) is 17.1 Å². The Morgan fingerprint density at radius 2 is 1.52 bits per heavy atom. The molecule has 4 amide bonds. The van der Waals surface area contributed by atoms with E-state index in [0.29, 0.717) is 33.2 Å². The highest BCUT2D eigenvalue weighted by Crippen LogP contribution is 2.21. The van der Waals surface area contributed by atoms with E-state index in [2.05, 4.69) is 16.1 Å². The maximum Gasteiger partial charge on any atom is 0.257 e. The number of amides is 4. The largest absolute Gasteiger partial charge is 0.322 e. The van der Waals surface area contributed by atoms with Gasteiger partial charge in [-0.3, -0.25) is 24.6 Å². The van der Waals surface area contributed by atoms with Crippen molar-refractivity contribution in [3.8, 4) is 0 Å². The second kappa shape index (κ2) is 9.54. The summed E-state index contributed by atoms with van der Waals surface area (Å²) in [6.07, 6.45) is 0.282. The first kappa shape index (κ1) is 22.0. The van der Waals surface area contributed by atoms with Crippen molar-refractivity contribution in [2.45, 2.75) is 12.8 Å². The molecule has 166 valence electrons. The van der Waals surface area contributed by atoms with Gasteiger partial charge >= 0.3 is 0 Å². The van der Waals surface area contributed by atoms with Crippen LogP contribution in [-0.4, -0.2) is 23.6 Å². The minimum Gasteiger partial charge on any atom is -0.322 e. The van der Waals surface area contributed by atoms with Crippen LogP contribution in [0.1, 0.15) is 33.6 Å². The molecule has 0 spiro atoms. The van der Waals surface area contributed by atoms with Crippen molar-refractivity contribution in [2.75, 3.05) is 15.6 Å². The lowest BCUT2D eigenvalue weighted by molar-refractivity contribution is -0.130. The molecule has 4 rings (SSSR count). The van der Waals surface area contributed by atoms with Crippen LogP contribution >= 0.6 is 11.6 Å². The van der Waals surface area contributed by atoms with Gasteiger partial charge in [0.1, 0.15) is 0 Å². The number of anilines is 3. The molecule has 0 aliphatic carbocycles. The van der Waals surface area contributed by atoms with Gasteiger partial charge in [0.25, 0.3) is 11.8 Å². The second-order valence-electron chi connectivity index (χ2n) is 7.27. The van der Waals surface area contributed by atoms with E-state index in [-0.39, 0.29) is 30.6 Å². The third-order valence-corrected chi connectivity index (χ3v) is 5.21. The Morgan fingerprint density at radius 3 is 2.24 bits per heavy atom. The fraction of sp³-hybridized carbons (Fsp3) is 0.0833. The Kier molecular flexibility index (Phi) is 6.37. The van der Waals surface area contributed by atoms with Crippen LogP contribution in [0.15, 0.2) is 72.8 Å². The van der Waals surface area contributed by atoms with Crippen LogP contribution in [0.3, 0.4) is 0 Å². The van der Waals surface area contributed by atoms with E-state index in [1.807, 2.05) is 0 Å². The maximum absolute atomic E-state index is 12.8. The molecule has 1 saturated heterocycles. The molecule has 0 radical (unpaired) electrons. The number of nitrogens with zero attached hydrogens (tertiary/aromatic N) is 1. The summed E-state index contributed by atoms with van der Waals surface area (Å²) in [4.78, 5) is 49.1. The molecular formula is C24H19ClN4O4. The Hall–Kier alpha value is -4.17. The lowest BCUT2D eigenvalue weighted by Crippen LogP contribution is -2.50. The number of hydrogen-bond donors (Lipinski definition) is 3. The summed E-state index contributed by atoms with van der Waals surface area (Å²) < 4.78 is 0. The molecule has 1 heterocycles. The Morgan fingerprint density at radius 1 is 0.818 bits per heavy atom. The predicted molar refractivity (Wildman–Crippen MR) is 125 cm³/mol. The lowest BCUT2D eigenvalue weighted by atomic mass is 10.1. The molecule has 9 heteroatoms. The summed E-state index contributed by atoms with van der Waals surface area (Å²) >= 11 is 5.88. The van der Waals surface area contributed by atoms with E-state index in [1.165, 1.54) is 17.1 Å². The SMILES string of the molecule is O=C1CCC(=O)N(c2ccc(C(=O)Nc3ccccc3C(=O)Nc3ccc(Cl)cc3)cc2)N1. The van der Waals surface area contributed by atoms with Crippen LogP contribution in [0.25, 0.3) is 0 Å². The minimum absolute atomic E-state index is 0.128. The van der Waals surface area contributed by atoms with Crippen molar-refractivity contribution in [1.29, 1.82) is 0 Å². The molecule has 0 bridgehead atoms. The predicted octanol–water partition coefficient (Wildman–Crippen LogP) is 4.00. The van der Waals surface area contributed by atoms with E-state index < -0.39 is 5.91 Å². The number of nitrogens with one attached hydrogen (secondary N) is 3. The van der Waals surface area contributed by atoms with Gasteiger partial charge in [-0.1, -0.05) is 23.7 Å². The van der Waals surface area contributed by atoms with Gasteiger partial charge in [-0.2, -0.15) is 0 Å². The normalized spacial score (nSPS) is 13.3. The Bertz CT molecular complexity index is 1230. The molecule has 33 heavy (non-hydrogen) atoms. The first-order valence-corrected chi connectivity index (χ1v) is 10.5. The fourth-order valence-electron chi connectivity index (χ4n) is 3.26. The van der Waals surface area contributed by atoms with E-state index >= 15 is 0 Å². The van der Waals surface area contributed by atoms with Crippen molar-refractivity contribution < 1.29 is 19.2 Å². The van der Waals surface area contributed by atoms with Gasteiger partial charge < -0.3 is 10.6 Å². The number of rotatable bonds is 5. The average Bonchev–Trinajstić information content (AvgIpc) is 2.82. The second-order valence-corrected chi connectivity index (χ2v) is 7.71. The van der Waals surface area contributed by atoms with Crippen LogP contribution in [0.5, 0.6) is 0 Å². The summed E-state index contributed by atoms with van der Waals surface area (Å²) in [5, 5.41) is 7.24. The van der Waals surface area contributed by atoms with Gasteiger partial charge in [-0.05, 0) is 60.7 Å². The highest BCUT2D eigenvalue weighted by molar-refractivity contribution is 6.30. The highest BCUT2D eigenvalue weighted by atomic mass is 35.5. The molecule has 0 saturated carbocycles. The third kappa shape index (κ3) is 5.19. The zero-order valence-electron chi connectivity index (χ0n) is 17.3. The topological polar surface area (TPSA) is 108 Å². The first-order valence-electron chi connectivity index (χ1n) is 10.1. The molecular weight excluding hydrogens is 444 g/mol. The van der Waals surface area contributed by atoms with Gasteiger partial charge in [0.15, 0.2) is 0 Å². The lowest BCUT2D eigenvalue weighted by Gasteiger charge is -2.27. The van der Waals surface area contributed by atoms with E-state index in [9.17, 15) is 19.2 Å². The number of benzene rings is 3. The zero-order valence-corrected chi connectivity index (χ0v) is 18.1. The molecule has 1 aliphatic rings. The van der Waals surface area contributed by atoms with Crippen LogP contribution < -0.4 is 21.1 Å². The van der Waals surface area contributed by atoms with Gasteiger partial charge in [-0.25, -0.2) is 5.01 Å². The molecule has 0 unspecified atom stereocenters. The summed E-state index contributed by atoms with van der Waals surface area (Å²) in [5.74, 6) is -1.29. The number of carbonyl (C=O) groups is 4. The van der Waals surface area contributed by atoms with Gasteiger partial charge in [-0.15, -0.1) is 0 Å². The quantitative estimate of drug-likeness (QED) is 0.532. The Labute approximate surface area is 194 Å². The van der Waals surface area contributed by atoms with Gasteiger partial charge in [0, 0.05) is 29.1 Å². The number of hydrogen-bond acceptors (Lipinski definition) is 4. The molecule has 1 aliphatic heterocycles. The molecule has 0 atom stereocenters. The maximum atomic E-state index is 12.8. The summed E-state index contributed by atoms with van der Waals surface area (Å²) in [5.41, 5.74) is 4.48. The monoisotopic (exact) mass is 462 g/mol. The number of hydrazine groups is 1. The molecule has 3 aromatic carbocycles. The molecule has 3 N–H and O–H groups in total. The standard InChI is InChI=1S/C24H19ClN4O4/c25-16-7-9-17(10-8-16)26-24(33)19-3-1-2-4-20(19)27-23(32)15-5-11-18(12-6-15)29-22(31)14-13-21(30)28-29/h1-12H,13-14H2,(H,26,33)(H,27,32)(H,28,30). The highest BCUT2D eigenvalue weighted by Gasteiger charge is 2.24. The number of para-hydroxylation sites is 1. The third-order valence-electron chi connectivity index (χ3n) is 4.96. The fourth-order valence-corrected chi connectivity index (χ4v) is 3.39. The van der Waals surface area contributed by atoms with Crippen LogP contribution in [0, 0.1) is 0 Å². The average molecular weight is 463 g/mol. The summed E-state index contributed by atoms with van der Waals surface area (Å²) in [6.45, 7) is 0. The summed E-state index contributed by atoms with van der Waals surface area (Å²) in [7, 11) is 0. The molecule has 3 aromatic rings. The van der Waals surface area contributed by atoms with Crippen molar-refractivity contribution in [1.82, 2.24) is 5.43 Å². The van der Waals surface area contributed by atoms with E-state index in [4.69, 9.17) is 11.6 Å². The van der Waals surface area contributed by atoms with Crippen molar-refractivity contribution in [2.24, 2.45) is 0 Å². The first-order chi connectivity index (χ1) is 15.9. The summed E-state index contributed by atoms with van der Waals surface area (Å²) in [6, 6.07) is 19.5. The number of carbonyl (C=O) groups excluding carboxylic acids is 4. The minimum atomic E-state index is -0.428.